The summed E-state index contributed by atoms with van der Waals surface area (Å²) in [5.41, 5.74) is 2.71. The summed E-state index contributed by atoms with van der Waals surface area (Å²) in [5, 5.41) is 6.81. The maximum atomic E-state index is 4.29. The summed E-state index contributed by atoms with van der Waals surface area (Å²) in [6.45, 7) is 11.1. The van der Waals surface area contributed by atoms with Crippen molar-refractivity contribution in [1.29, 1.82) is 0 Å². The highest BCUT2D eigenvalue weighted by atomic mass is 127. The van der Waals surface area contributed by atoms with Crippen LogP contribution in [-0.2, 0) is 13.1 Å². The summed E-state index contributed by atoms with van der Waals surface area (Å²) >= 11 is 0. The molecule has 0 radical (unpaired) electrons. The molecule has 0 aromatic heterocycles. The molecule has 1 heterocycles. The number of guanidine groups is 1. The minimum atomic E-state index is 0. The number of rotatable bonds is 7. The maximum absolute atomic E-state index is 4.29. The Labute approximate surface area is 175 Å². The molecule has 5 nitrogen and oxygen atoms in total. The van der Waals surface area contributed by atoms with E-state index in [-0.39, 0.29) is 24.0 Å². The third kappa shape index (κ3) is 7.04. The molecule has 1 saturated carbocycles. The normalized spacial score (nSPS) is 19.1. The van der Waals surface area contributed by atoms with E-state index in [4.69, 9.17) is 0 Å². The summed E-state index contributed by atoms with van der Waals surface area (Å²) in [4.78, 5) is 9.38. The van der Waals surface area contributed by atoms with Gasteiger partial charge in [-0.1, -0.05) is 31.2 Å². The Morgan fingerprint density at radius 2 is 1.62 bits per heavy atom. The Morgan fingerprint density at radius 1 is 1.00 bits per heavy atom. The molecule has 1 aliphatic carbocycles. The lowest BCUT2D eigenvalue weighted by atomic mass is 10.1. The predicted molar refractivity (Wildman–Crippen MR) is 120 cm³/mol. The van der Waals surface area contributed by atoms with Gasteiger partial charge in [-0.15, -0.1) is 24.0 Å². The van der Waals surface area contributed by atoms with E-state index in [0.29, 0.717) is 0 Å². The highest BCUT2D eigenvalue weighted by Crippen LogP contribution is 2.27. The molecule has 0 unspecified atom stereocenters. The molecule has 1 aromatic carbocycles. The van der Waals surface area contributed by atoms with E-state index in [1.807, 2.05) is 7.05 Å². The van der Waals surface area contributed by atoms with Gasteiger partial charge in [0.1, 0.15) is 0 Å². The first kappa shape index (κ1) is 21.4. The van der Waals surface area contributed by atoms with Crippen LogP contribution in [0.3, 0.4) is 0 Å². The van der Waals surface area contributed by atoms with E-state index in [1.165, 1.54) is 56.7 Å². The lowest BCUT2D eigenvalue weighted by molar-refractivity contribution is 0.132. The van der Waals surface area contributed by atoms with Crippen LogP contribution >= 0.6 is 24.0 Å². The second-order valence-electron chi connectivity index (χ2n) is 7.28. The SMILES string of the molecule is CCN1CCN(Cc2ccc(CNC(=NC)NCC3CC3)cc2)CC1.I. The molecule has 1 aromatic rings. The van der Waals surface area contributed by atoms with Crippen LogP contribution in [0.2, 0.25) is 0 Å². The quantitative estimate of drug-likeness (QED) is 0.365. The fraction of sp³-hybridized carbons (Fsp3) is 0.650. The standard InChI is InChI=1S/C20H33N5.HI/c1-3-24-10-12-25(13-11-24)16-19-8-6-18(7-9-19)15-23-20(21-2)22-14-17-4-5-17;/h6-9,17H,3-5,10-16H2,1-2H3,(H2,21,22,23);1H. The zero-order valence-corrected chi connectivity index (χ0v) is 18.5. The Morgan fingerprint density at radius 3 is 2.19 bits per heavy atom. The molecule has 1 aliphatic heterocycles. The van der Waals surface area contributed by atoms with Gasteiger partial charge >= 0.3 is 0 Å². The Hall–Kier alpha value is -0.860. The van der Waals surface area contributed by atoms with Crippen LogP contribution in [0.15, 0.2) is 29.3 Å². The van der Waals surface area contributed by atoms with Gasteiger partial charge in [-0.3, -0.25) is 9.89 Å². The first-order valence-electron chi connectivity index (χ1n) is 9.74. The number of nitrogens with one attached hydrogen (secondary N) is 2. The van der Waals surface area contributed by atoms with Crippen LogP contribution in [0.5, 0.6) is 0 Å². The van der Waals surface area contributed by atoms with Crippen molar-refractivity contribution in [3.63, 3.8) is 0 Å². The molecule has 2 aliphatic rings. The molecule has 0 spiro atoms. The highest BCUT2D eigenvalue weighted by molar-refractivity contribution is 14.0. The lowest BCUT2D eigenvalue weighted by Gasteiger charge is -2.34. The van der Waals surface area contributed by atoms with Crippen molar-refractivity contribution >= 4 is 29.9 Å². The van der Waals surface area contributed by atoms with Crippen molar-refractivity contribution in [3.8, 4) is 0 Å². The van der Waals surface area contributed by atoms with Crippen molar-refractivity contribution in [2.75, 3.05) is 46.3 Å². The van der Waals surface area contributed by atoms with Crippen LogP contribution in [-0.4, -0.2) is 62.1 Å². The van der Waals surface area contributed by atoms with Gasteiger partial charge in [-0.25, -0.2) is 0 Å². The van der Waals surface area contributed by atoms with Gasteiger partial charge in [0.05, 0.1) is 0 Å². The van der Waals surface area contributed by atoms with Gasteiger partial charge in [-0.05, 0) is 36.4 Å². The van der Waals surface area contributed by atoms with Gasteiger partial charge in [0, 0.05) is 52.9 Å². The molecular weight excluding hydrogens is 437 g/mol. The zero-order valence-electron chi connectivity index (χ0n) is 16.2. The third-order valence-corrected chi connectivity index (χ3v) is 5.28. The number of halogens is 1. The summed E-state index contributed by atoms with van der Waals surface area (Å²) < 4.78 is 0. The molecule has 1 saturated heterocycles. The molecule has 2 N–H and O–H groups in total. The molecule has 0 amide bonds. The molecular formula is C20H34IN5. The third-order valence-electron chi connectivity index (χ3n) is 5.28. The summed E-state index contributed by atoms with van der Waals surface area (Å²) in [6.07, 6.45) is 2.72. The lowest BCUT2D eigenvalue weighted by Crippen LogP contribution is -2.45. The minimum absolute atomic E-state index is 0. The van der Waals surface area contributed by atoms with E-state index >= 15 is 0 Å². The summed E-state index contributed by atoms with van der Waals surface area (Å²) in [7, 11) is 1.84. The van der Waals surface area contributed by atoms with Crippen molar-refractivity contribution in [1.82, 2.24) is 20.4 Å². The monoisotopic (exact) mass is 471 g/mol. The van der Waals surface area contributed by atoms with Crippen molar-refractivity contribution in [2.24, 2.45) is 10.9 Å². The van der Waals surface area contributed by atoms with Crippen LogP contribution in [0.4, 0.5) is 0 Å². The molecule has 3 rings (SSSR count). The zero-order chi connectivity index (χ0) is 17.5. The molecule has 0 atom stereocenters. The van der Waals surface area contributed by atoms with Gasteiger partial charge < -0.3 is 15.5 Å². The Kier molecular flexibility index (Phi) is 9.15. The molecule has 26 heavy (non-hydrogen) atoms. The molecule has 6 heteroatoms. The number of likely N-dealkylation sites (N-methyl/N-ethyl adjacent to an activating group) is 1. The molecule has 146 valence electrons. The van der Waals surface area contributed by atoms with Crippen LogP contribution in [0.25, 0.3) is 0 Å². The number of aliphatic imine (C=N–C) groups is 1. The summed E-state index contributed by atoms with van der Waals surface area (Å²) in [5.74, 6) is 1.77. The second-order valence-corrected chi connectivity index (χ2v) is 7.28. The predicted octanol–water partition coefficient (Wildman–Crippen LogP) is 2.52. The van der Waals surface area contributed by atoms with Gasteiger partial charge in [0.2, 0.25) is 0 Å². The highest BCUT2D eigenvalue weighted by Gasteiger charge is 2.21. The van der Waals surface area contributed by atoms with Crippen LogP contribution in [0, 0.1) is 5.92 Å². The minimum Gasteiger partial charge on any atom is -0.356 e. The van der Waals surface area contributed by atoms with E-state index < -0.39 is 0 Å². The van der Waals surface area contributed by atoms with Gasteiger partial charge in [0.25, 0.3) is 0 Å². The van der Waals surface area contributed by atoms with Gasteiger partial charge in [-0.2, -0.15) is 0 Å². The first-order chi connectivity index (χ1) is 12.3. The number of hydrogen-bond acceptors (Lipinski definition) is 3. The smallest absolute Gasteiger partial charge is 0.191 e. The number of hydrogen-bond donors (Lipinski definition) is 2. The van der Waals surface area contributed by atoms with Crippen LogP contribution in [0.1, 0.15) is 30.9 Å². The van der Waals surface area contributed by atoms with E-state index in [1.54, 1.807) is 0 Å². The molecule has 2 fully saturated rings. The van der Waals surface area contributed by atoms with Gasteiger partial charge in [0.15, 0.2) is 5.96 Å². The fourth-order valence-electron chi connectivity index (χ4n) is 3.25. The van der Waals surface area contributed by atoms with E-state index in [2.05, 4.69) is 56.6 Å². The Balaban J connectivity index is 0.00000243. The Bertz CT molecular complexity index is 548. The molecule has 0 bridgehead atoms. The summed E-state index contributed by atoms with van der Waals surface area (Å²) in [6, 6.07) is 9.00. The van der Waals surface area contributed by atoms with E-state index in [0.717, 1.165) is 31.5 Å². The first-order valence-corrected chi connectivity index (χ1v) is 9.74. The average Bonchev–Trinajstić information content (AvgIpc) is 3.48. The fourth-order valence-corrected chi connectivity index (χ4v) is 3.25. The number of piperazine rings is 1. The maximum Gasteiger partial charge on any atom is 0.191 e. The number of nitrogens with zero attached hydrogens (tertiary/aromatic N) is 3. The van der Waals surface area contributed by atoms with Crippen molar-refractivity contribution in [2.45, 2.75) is 32.9 Å². The number of benzene rings is 1. The topological polar surface area (TPSA) is 42.9 Å². The van der Waals surface area contributed by atoms with E-state index in [9.17, 15) is 0 Å². The van der Waals surface area contributed by atoms with Crippen LogP contribution < -0.4 is 10.6 Å². The average molecular weight is 471 g/mol. The second kappa shape index (κ2) is 11.1. The van der Waals surface area contributed by atoms with Crippen molar-refractivity contribution in [3.05, 3.63) is 35.4 Å². The largest absolute Gasteiger partial charge is 0.356 e. The van der Waals surface area contributed by atoms with Crippen molar-refractivity contribution < 1.29 is 0 Å².